The monoisotopic (exact) mass is 306 g/mol. The van der Waals surface area contributed by atoms with Gasteiger partial charge in [0.05, 0.1) is 17.6 Å². The molecule has 0 aliphatic carbocycles. The van der Waals surface area contributed by atoms with Gasteiger partial charge in [-0.05, 0) is 81.5 Å². The first-order chi connectivity index (χ1) is 10.9. The van der Waals surface area contributed by atoms with Crippen LogP contribution in [0, 0.1) is 41.5 Å². The van der Waals surface area contributed by atoms with Crippen LogP contribution in [0.2, 0.25) is 0 Å². The molecule has 0 bridgehead atoms. The average molecular weight is 306 g/mol. The summed E-state index contributed by atoms with van der Waals surface area (Å²) in [7, 11) is 0. The minimum Gasteiger partial charge on any atom is -0.254 e. The van der Waals surface area contributed by atoms with Gasteiger partial charge in [0.1, 0.15) is 0 Å². The zero-order valence-corrected chi connectivity index (χ0v) is 14.6. The Hall–Kier alpha value is -2.49. The van der Waals surface area contributed by atoms with Crippen molar-refractivity contribution in [2.75, 3.05) is 0 Å². The van der Waals surface area contributed by atoms with Gasteiger partial charge in [-0.3, -0.25) is 4.98 Å². The number of aryl methyl sites for hydroxylation is 3. The maximum Gasteiger partial charge on any atom is 0.154 e. The molecule has 23 heavy (non-hydrogen) atoms. The van der Waals surface area contributed by atoms with E-state index in [1.807, 2.05) is 23.1 Å². The number of aromatic nitrogens is 4. The third kappa shape index (κ3) is 2.54. The molecule has 0 saturated heterocycles. The van der Waals surface area contributed by atoms with E-state index in [4.69, 9.17) is 4.98 Å². The normalized spacial score (nSPS) is 11.0. The van der Waals surface area contributed by atoms with E-state index in [0.717, 1.165) is 34.0 Å². The summed E-state index contributed by atoms with van der Waals surface area (Å²) in [6.07, 6.45) is 3.73. The van der Waals surface area contributed by atoms with Gasteiger partial charge in [-0.2, -0.15) is 5.10 Å². The van der Waals surface area contributed by atoms with E-state index in [1.165, 1.54) is 16.7 Å². The van der Waals surface area contributed by atoms with Gasteiger partial charge in [-0.25, -0.2) is 9.67 Å². The number of pyridine rings is 2. The number of nitrogens with zero attached hydrogens (tertiary/aromatic N) is 4. The quantitative estimate of drug-likeness (QED) is 0.713. The van der Waals surface area contributed by atoms with Gasteiger partial charge in [-0.1, -0.05) is 0 Å². The zero-order valence-electron chi connectivity index (χ0n) is 14.6. The summed E-state index contributed by atoms with van der Waals surface area (Å²) in [6, 6.07) is 4.12. The van der Waals surface area contributed by atoms with Crippen molar-refractivity contribution in [1.82, 2.24) is 19.7 Å². The molecule has 0 fully saturated rings. The standard InChI is InChI=1S/C19H22N4/c1-11-7-8-20-18(14(11)4)19-15(5)12(2)9-17(22-19)23-16(6)13(3)10-21-23/h7-10H,1-6H3. The molecule has 0 saturated carbocycles. The minimum absolute atomic E-state index is 0.844. The van der Waals surface area contributed by atoms with Crippen LogP contribution < -0.4 is 0 Å². The maximum atomic E-state index is 4.89. The molecule has 3 aromatic heterocycles. The van der Waals surface area contributed by atoms with E-state index in [2.05, 4.69) is 57.7 Å². The van der Waals surface area contributed by atoms with Gasteiger partial charge in [-0.15, -0.1) is 0 Å². The fourth-order valence-corrected chi connectivity index (χ4v) is 2.65. The second-order valence-electron chi connectivity index (χ2n) is 6.20. The Morgan fingerprint density at radius 3 is 2.17 bits per heavy atom. The highest BCUT2D eigenvalue weighted by Crippen LogP contribution is 2.28. The molecular weight excluding hydrogens is 284 g/mol. The Morgan fingerprint density at radius 2 is 1.52 bits per heavy atom. The van der Waals surface area contributed by atoms with Crippen molar-refractivity contribution in [2.24, 2.45) is 0 Å². The summed E-state index contributed by atoms with van der Waals surface area (Å²) in [5.74, 6) is 0.844. The summed E-state index contributed by atoms with van der Waals surface area (Å²) in [6.45, 7) is 12.5. The van der Waals surface area contributed by atoms with Gasteiger partial charge < -0.3 is 0 Å². The van der Waals surface area contributed by atoms with Crippen LogP contribution in [0.1, 0.15) is 33.5 Å². The molecular formula is C19H22N4. The summed E-state index contributed by atoms with van der Waals surface area (Å²) in [5, 5.41) is 4.46. The van der Waals surface area contributed by atoms with Crippen LogP contribution in [0.5, 0.6) is 0 Å². The first-order valence-electron chi connectivity index (χ1n) is 7.82. The largest absolute Gasteiger partial charge is 0.254 e. The van der Waals surface area contributed by atoms with E-state index in [1.54, 1.807) is 0 Å². The lowest BCUT2D eigenvalue weighted by molar-refractivity contribution is 0.814. The van der Waals surface area contributed by atoms with Crippen molar-refractivity contribution >= 4 is 0 Å². The molecule has 0 radical (unpaired) electrons. The minimum atomic E-state index is 0.844. The summed E-state index contributed by atoms with van der Waals surface area (Å²) in [5.41, 5.74) is 8.93. The molecule has 0 aliphatic rings. The first-order valence-corrected chi connectivity index (χ1v) is 7.82. The smallest absolute Gasteiger partial charge is 0.154 e. The van der Waals surface area contributed by atoms with Crippen molar-refractivity contribution < 1.29 is 0 Å². The van der Waals surface area contributed by atoms with Gasteiger partial charge in [0.2, 0.25) is 0 Å². The topological polar surface area (TPSA) is 43.6 Å². The summed E-state index contributed by atoms with van der Waals surface area (Å²) in [4.78, 5) is 9.47. The fraction of sp³-hybridized carbons (Fsp3) is 0.316. The van der Waals surface area contributed by atoms with Gasteiger partial charge in [0, 0.05) is 11.9 Å². The van der Waals surface area contributed by atoms with Crippen LogP contribution in [0.15, 0.2) is 24.5 Å². The van der Waals surface area contributed by atoms with E-state index in [9.17, 15) is 0 Å². The molecule has 3 rings (SSSR count). The molecule has 3 aromatic rings. The molecule has 4 nitrogen and oxygen atoms in total. The van der Waals surface area contributed by atoms with E-state index in [-0.39, 0.29) is 0 Å². The molecule has 4 heteroatoms. The van der Waals surface area contributed by atoms with Gasteiger partial charge >= 0.3 is 0 Å². The van der Waals surface area contributed by atoms with Gasteiger partial charge in [0.25, 0.3) is 0 Å². The molecule has 0 aliphatic heterocycles. The van der Waals surface area contributed by atoms with Gasteiger partial charge in [0.15, 0.2) is 5.82 Å². The second kappa shape index (κ2) is 5.61. The zero-order chi connectivity index (χ0) is 16.7. The average Bonchev–Trinajstić information content (AvgIpc) is 2.85. The van der Waals surface area contributed by atoms with Crippen molar-refractivity contribution in [1.29, 1.82) is 0 Å². The van der Waals surface area contributed by atoms with Crippen LogP contribution in [0.25, 0.3) is 17.2 Å². The lowest BCUT2D eigenvalue weighted by atomic mass is 10.0. The highest BCUT2D eigenvalue weighted by Gasteiger charge is 2.15. The Bertz CT molecular complexity index is 891. The van der Waals surface area contributed by atoms with E-state index >= 15 is 0 Å². The highest BCUT2D eigenvalue weighted by atomic mass is 15.3. The third-order valence-corrected chi connectivity index (χ3v) is 4.69. The van der Waals surface area contributed by atoms with E-state index < -0.39 is 0 Å². The van der Waals surface area contributed by atoms with Crippen molar-refractivity contribution in [3.63, 3.8) is 0 Å². The van der Waals surface area contributed by atoms with Crippen LogP contribution in [0.3, 0.4) is 0 Å². The highest BCUT2D eigenvalue weighted by molar-refractivity contribution is 5.66. The Balaban J connectivity index is 2.26. The molecule has 0 spiro atoms. The number of hydrogen-bond donors (Lipinski definition) is 0. The molecule has 0 aromatic carbocycles. The number of hydrogen-bond acceptors (Lipinski definition) is 3. The number of rotatable bonds is 2. The molecule has 3 heterocycles. The first kappa shape index (κ1) is 15.4. The predicted molar refractivity (Wildman–Crippen MR) is 93.0 cm³/mol. The Kier molecular flexibility index (Phi) is 3.76. The fourth-order valence-electron chi connectivity index (χ4n) is 2.65. The molecule has 0 amide bonds. The Labute approximate surface area is 137 Å². The van der Waals surface area contributed by atoms with Crippen LogP contribution >= 0.6 is 0 Å². The molecule has 0 atom stereocenters. The third-order valence-electron chi connectivity index (χ3n) is 4.69. The second-order valence-corrected chi connectivity index (χ2v) is 6.20. The lowest BCUT2D eigenvalue weighted by Crippen LogP contribution is -2.06. The lowest BCUT2D eigenvalue weighted by Gasteiger charge is -2.14. The van der Waals surface area contributed by atoms with Crippen molar-refractivity contribution in [2.45, 2.75) is 41.5 Å². The molecule has 0 unspecified atom stereocenters. The van der Waals surface area contributed by atoms with Crippen LogP contribution in [0.4, 0.5) is 0 Å². The predicted octanol–water partition coefficient (Wildman–Crippen LogP) is 4.18. The Morgan fingerprint density at radius 1 is 0.826 bits per heavy atom. The molecule has 0 N–H and O–H groups in total. The van der Waals surface area contributed by atoms with Crippen molar-refractivity contribution in [3.05, 3.63) is 58.0 Å². The van der Waals surface area contributed by atoms with E-state index in [0.29, 0.717) is 0 Å². The van der Waals surface area contributed by atoms with Crippen LogP contribution in [-0.4, -0.2) is 19.7 Å². The van der Waals surface area contributed by atoms with Crippen LogP contribution in [-0.2, 0) is 0 Å². The molecule has 118 valence electrons. The maximum absolute atomic E-state index is 4.89. The van der Waals surface area contributed by atoms with Crippen molar-refractivity contribution in [3.8, 4) is 17.2 Å². The summed E-state index contributed by atoms with van der Waals surface area (Å²) >= 11 is 0. The summed E-state index contributed by atoms with van der Waals surface area (Å²) < 4.78 is 1.90. The SMILES string of the molecule is Cc1ccnc(-c2nc(-n3ncc(C)c3C)cc(C)c2C)c1C.